The van der Waals surface area contributed by atoms with Crippen molar-refractivity contribution >= 4 is 46.4 Å². The van der Waals surface area contributed by atoms with Crippen molar-refractivity contribution in [3.8, 4) is 11.5 Å². The smallest absolute Gasteiger partial charge is 0.247 e. The number of anilines is 4. The summed E-state index contributed by atoms with van der Waals surface area (Å²) < 4.78 is 10.7. The minimum Gasteiger partial charge on any atom is -0.495 e. The maximum absolute atomic E-state index is 13.1. The zero-order chi connectivity index (χ0) is 23.4. The van der Waals surface area contributed by atoms with Crippen molar-refractivity contribution < 1.29 is 28.7 Å². The van der Waals surface area contributed by atoms with Crippen LogP contribution in [0.5, 0.6) is 11.5 Å². The zero-order valence-corrected chi connectivity index (χ0v) is 18.2. The minimum atomic E-state index is -0.352. The molecule has 10 nitrogen and oxygen atoms in total. The molecule has 0 radical (unpaired) electrons. The van der Waals surface area contributed by atoms with E-state index in [0.717, 1.165) is 0 Å². The van der Waals surface area contributed by atoms with E-state index in [-0.39, 0.29) is 36.7 Å². The molecular weight excluding hydrogens is 416 g/mol. The number of methoxy groups -OCH3 is 2. The molecular formula is C22H24N4O6. The molecule has 3 rings (SSSR count). The van der Waals surface area contributed by atoms with Crippen LogP contribution >= 0.6 is 0 Å². The van der Waals surface area contributed by atoms with E-state index in [2.05, 4.69) is 10.6 Å². The number of carbonyl (C=O) groups is 4. The summed E-state index contributed by atoms with van der Waals surface area (Å²) in [6, 6.07) is 9.68. The topological polar surface area (TPSA) is 117 Å². The average molecular weight is 440 g/mol. The standard InChI is InChI=1S/C22H24N4O6/c1-13(27)23-15-5-7-19(31-3)17(9-15)25-11-22(30)26(12-21(25)29)18-10-16(24-14(2)28)6-8-20(18)32-4/h5-10H,11-12H2,1-4H3,(H,23,27)(H,24,28). The third kappa shape index (κ3) is 4.80. The molecule has 1 saturated heterocycles. The third-order valence-corrected chi connectivity index (χ3v) is 4.77. The van der Waals surface area contributed by atoms with E-state index in [1.165, 1.54) is 37.9 Å². The highest BCUT2D eigenvalue weighted by molar-refractivity contribution is 6.13. The lowest BCUT2D eigenvalue weighted by Crippen LogP contribution is -2.54. The van der Waals surface area contributed by atoms with E-state index in [1.807, 2.05) is 0 Å². The Morgan fingerprint density at radius 3 is 1.44 bits per heavy atom. The van der Waals surface area contributed by atoms with Gasteiger partial charge >= 0.3 is 0 Å². The number of hydrogen-bond donors (Lipinski definition) is 2. The number of carbonyl (C=O) groups excluding carboxylic acids is 4. The predicted molar refractivity (Wildman–Crippen MR) is 119 cm³/mol. The summed E-state index contributed by atoms with van der Waals surface area (Å²) >= 11 is 0. The van der Waals surface area contributed by atoms with Crippen LogP contribution in [-0.2, 0) is 19.2 Å². The van der Waals surface area contributed by atoms with Gasteiger partial charge in [0.25, 0.3) is 0 Å². The fourth-order valence-electron chi connectivity index (χ4n) is 3.42. The summed E-state index contributed by atoms with van der Waals surface area (Å²) in [5, 5.41) is 5.31. The molecule has 2 aromatic rings. The molecule has 4 amide bonds. The molecule has 0 bridgehead atoms. The maximum Gasteiger partial charge on any atom is 0.247 e. The Kier molecular flexibility index (Phi) is 6.62. The van der Waals surface area contributed by atoms with Gasteiger partial charge in [0.15, 0.2) is 0 Å². The molecule has 2 N–H and O–H groups in total. The number of hydrogen-bond acceptors (Lipinski definition) is 6. The van der Waals surface area contributed by atoms with E-state index in [1.54, 1.807) is 36.4 Å². The Balaban J connectivity index is 1.93. The predicted octanol–water partition coefficient (Wildman–Crippen LogP) is 2.00. The molecule has 2 aromatic carbocycles. The van der Waals surface area contributed by atoms with E-state index in [0.29, 0.717) is 34.2 Å². The van der Waals surface area contributed by atoms with Crippen molar-refractivity contribution in [1.82, 2.24) is 0 Å². The Hall–Kier alpha value is -4.08. The van der Waals surface area contributed by atoms with Gasteiger partial charge in [-0.3, -0.25) is 29.0 Å². The molecule has 0 spiro atoms. The molecule has 10 heteroatoms. The molecule has 1 fully saturated rings. The normalized spacial score (nSPS) is 13.6. The van der Waals surface area contributed by atoms with Crippen molar-refractivity contribution in [3.05, 3.63) is 36.4 Å². The Bertz CT molecular complexity index is 999. The lowest BCUT2D eigenvalue weighted by molar-refractivity contribution is -0.125. The van der Waals surface area contributed by atoms with E-state index < -0.39 is 0 Å². The quantitative estimate of drug-likeness (QED) is 0.710. The number of rotatable bonds is 6. The number of amides is 4. The second kappa shape index (κ2) is 9.38. The monoisotopic (exact) mass is 440 g/mol. The first-order valence-electron chi connectivity index (χ1n) is 9.75. The summed E-state index contributed by atoms with van der Waals surface area (Å²) in [6.07, 6.45) is 0. The summed E-state index contributed by atoms with van der Waals surface area (Å²) in [6.45, 7) is 2.26. The van der Waals surface area contributed by atoms with Crippen LogP contribution < -0.4 is 29.9 Å². The average Bonchev–Trinajstić information content (AvgIpc) is 2.74. The zero-order valence-electron chi connectivity index (χ0n) is 18.2. The number of ether oxygens (including phenoxy) is 2. The second-order valence-corrected chi connectivity index (χ2v) is 7.10. The summed E-state index contributed by atoms with van der Waals surface area (Å²) in [7, 11) is 2.91. The fourth-order valence-corrected chi connectivity index (χ4v) is 3.42. The number of benzene rings is 2. The van der Waals surface area contributed by atoms with Gasteiger partial charge in [-0.2, -0.15) is 0 Å². The SMILES string of the molecule is COc1ccc(NC(C)=O)cc1N1CC(=O)N(c2cc(NC(C)=O)ccc2OC)CC1=O. The van der Waals surface area contributed by atoms with Gasteiger partial charge in [0.1, 0.15) is 24.6 Å². The number of nitrogens with one attached hydrogen (secondary N) is 2. The van der Waals surface area contributed by atoms with Crippen molar-refractivity contribution in [2.45, 2.75) is 13.8 Å². The van der Waals surface area contributed by atoms with Gasteiger partial charge in [-0.15, -0.1) is 0 Å². The van der Waals surface area contributed by atoms with E-state index in [4.69, 9.17) is 9.47 Å². The van der Waals surface area contributed by atoms with Gasteiger partial charge in [-0.25, -0.2) is 0 Å². The fraction of sp³-hybridized carbons (Fsp3) is 0.273. The summed E-state index contributed by atoms with van der Waals surface area (Å²) in [4.78, 5) is 51.6. The van der Waals surface area contributed by atoms with Gasteiger partial charge in [-0.1, -0.05) is 0 Å². The van der Waals surface area contributed by atoms with Gasteiger partial charge in [0.05, 0.1) is 25.6 Å². The Morgan fingerprint density at radius 1 is 0.750 bits per heavy atom. The van der Waals surface area contributed by atoms with Crippen LogP contribution in [0.15, 0.2) is 36.4 Å². The second-order valence-electron chi connectivity index (χ2n) is 7.10. The molecule has 1 aliphatic heterocycles. The molecule has 0 saturated carbocycles. The summed E-state index contributed by atoms with van der Waals surface area (Å²) in [5.41, 5.74) is 1.69. The number of nitrogens with zero attached hydrogens (tertiary/aromatic N) is 2. The van der Waals surface area contributed by atoms with Crippen LogP contribution in [0.3, 0.4) is 0 Å². The number of piperazine rings is 1. The highest BCUT2D eigenvalue weighted by atomic mass is 16.5. The first-order chi connectivity index (χ1) is 15.2. The van der Waals surface area contributed by atoms with Crippen LogP contribution in [0.4, 0.5) is 22.7 Å². The molecule has 0 aliphatic carbocycles. The van der Waals surface area contributed by atoms with Crippen molar-refractivity contribution in [2.75, 3.05) is 47.7 Å². The van der Waals surface area contributed by atoms with Crippen LogP contribution in [0.25, 0.3) is 0 Å². The molecule has 168 valence electrons. The Labute approximate surface area is 185 Å². The highest BCUT2D eigenvalue weighted by Gasteiger charge is 2.34. The van der Waals surface area contributed by atoms with Crippen molar-refractivity contribution in [2.24, 2.45) is 0 Å². The van der Waals surface area contributed by atoms with Crippen LogP contribution in [-0.4, -0.2) is 50.9 Å². The maximum atomic E-state index is 13.1. The van der Waals surface area contributed by atoms with E-state index >= 15 is 0 Å². The van der Waals surface area contributed by atoms with Gasteiger partial charge in [0, 0.05) is 25.2 Å². The molecule has 0 aromatic heterocycles. The lowest BCUT2D eigenvalue weighted by Gasteiger charge is -2.35. The third-order valence-electron chi connectivity index (χ3n) is 4.77. The van der Waals surface area contributed by atoms with Gasteiger partial charge in [0.2, 0.25) is 23.6 Å². The van der Waals surface area contributed by atoms with Crippen LogP contribution in [0, 0.1) is 0 Å². The first-order valence-corrected chi connectivity index (χ1v) is 9.75. The van der Waals surface area contributed by atoms with Gasteiger partial charge in [-0.05, 0) is 36.4 Å². The van der Waals surface area contributed by atoms with Crippen molar-refractivity contribution in [1.29, 1.82) is 0 Å². The largest absolute Gasteiger partial charge is 0.495 e. The van der Waals surface area contributed by atoms with Crippen LogP contribution in [0.1, 0.15) is 13.8 Å². The summed E-state index contributed by atoms with van der Waals surface area (Å²) in [5.74, 6) is -0.457. The molecule has 0 unspecified atom stereocenters. The lowest BCUT2D eigenvalue weighted by atomic mass is 10.1. The van der Waals surface area contributed by atoms with Crippen molar-refractivity contribution in [3.63, 3.8) is 0 Å². The molecule has 32 heavy (non-hydrogen) atoms. The van der Waals surface area contributed by atoms with Crippen LogP contribution in [0.2, 0.25) is 0 Å². The minimum absolute atomic E-state index is 0.244. The van der Waals surface area contributed by atoms with Gasteiger partial charge < -0.3 is 20.1 Å². The molecule has 0 atom stereocenters. The molecule has 1 heterocycles. The Morgan fingerprint density at radius 2 is 1.12 bits per heavy atom. The first kappa shape index (κ1) is 22.6. The highest BCUT2D eigenvalue weighted by Crippen LogP contribution is 2.36. The molecule has 1 aliphatic rings. The van der Waals surface area contributed by atoms with E-state index in [9.17, 15) is 19.2 Å².